The van der Waals surface area contributed by atoms with Gasteiger partial charge in [-0.25, -0.2) is 4.79 Å². The monoisotopic (exact) mass is 362 g/mol. The summed E-state index contributed by atoms with van der Waals surface area (Å²) in [6.07, 6.45) is 3.98. The fourth-order valence-corrected chi connectivity index (χ4v) is 3.67. The normalized spacial score (nSPS) is 21.0. The number of amides is 2. The van der Waals surface area contributed by atoms with Crippen molar-refractivity contribution in [2.75, 3.05) is 39.9 Å². The maximum atomic E-state index is 11.5. The molecule has 0 spiro atoms. The predicted octanol–water partition coefficient (Wildman–Crippen LogP) is 2.67. The molecular formula is C20H34N4O2. The average Bonchev–Trinajstić information content (AvgIpc) is 3.05. The number of carbonyl (C=O) groups is 1. The number of likely N-dealkylation sites (tertiary alicyclic amines) is 1. The van der Waals surface area contributed by atoms with Crippen LogP contribution in [0.25, 0.3) is 0 Å². The maximum Gasteiger partial charge on any atom is 0.314 e. The zero-order valence-electron chi connectivity index (χ0n) is 16.9. The van der Waals surface area contributed by atoms with Crippen molar-refractivity contribution in [1.82, 2.24) is 20.5 Å². The Morgan fingerprint density at radius 1 is 1.42 bits per heavy atom. The molecular weight excluding hydrogens is 328 g/mol. The fourth-order valence-electron chi connectivity index (χ4n) is 3.67. The zero-order valence-corrected chi connectivity index (χ0v) is 16.9. The van der Waals surface area contributed by atoms with Crippen LogP contribution in [0.4, 0.5) is 4.79 Å². The third-order valence-electron chi connectivity index (χ3n) is 5.63. The molecule has 0 unspecified atom stereocenters. The molecule has 26 heavy (non-hydrogen) atoms. The molecule has 6 nitrogen and oxygen atoms in total. The standard InChI is InChI=1S/C20H34N4O2/c1-6-26-15-20(9-11-22-18(25)21-5)10-12-24(14-20)19(3,4)17-8-7-16(2)23-13-17/h7-8,13H,6,9-12,14-15H2,1-5H3,(H2,21,22,25)/t20-/m0/s1. The number of nitrogens with one attached hydrogen (secondary N) is 2. The molecule has 2 heterocycles. The SMILES string of the molecule is CCOC[C@@]1(CCNC(=O)NC)CCN(C(C)(C)c2ccc(C)nc2)C1. The van der Waals surface area contributed by atoms with Crippen LogP contribution >= 0.6 is 0 Å². The Hall–Kier alpha value is -1.66. The molecule has 146 valence electrons. The lowest BCUT2D eigenvalue weighted by atomic mass is 9.84. The summed E-state index contributed by atoms with van der Waals surface area (Å²) in [6.45, 7) is 12.7. The molecule has 1 aromatic rings. The quantitative estimate of drug-likeness (QED) is 0.746. The van der Waals surface area contributed by atoms with Crippen molar-refractivity contribution in [3.8, 4) is 0 Å². The third-order valence-corrected chi connectivity index (χ3v) is 5.63. The van der Waals surface area contributed by atoms with Gasteiger partial charge in [-0.3, -0.25) is 9.88 Å². The molecule has 1 aromatic heterocycles. The van der Waals surface area contributed by atoms with Crippen molar-refractivity contribution in [2.24, 2.45) is 5.41 Å². The largest absolute Gasteiger partial charge is 0.381 e. The number of hydrogen-bond donors (Lipinski definition) is 2. The Kier molecular flexibility index (Phi) is 7.01. The van der Waals surface area contributed by atoms with E-state index in [1.807, 2.05) is 20.0 Å². The molecule has 0 aliphatic carbocycles. The van der Waals surface area contributed by atoms with Crippen molar-refractivity contribution in [1.29, 1.82) is 0 Å². The predicted molar refractivity (Wildman–Crippen MR) is 104 cm³/mol. The Labute approximate surface area is 157 Å². The van der Waals surface area contributed by atoms with Crippen molar-refractivity contribution in [2.45, 2.75) is 46.1 Å². The van der Waals surface area contributed by atoms with Gasteiger partial charge < -0.3 is 15.4 Å². The van der Waals surface area contributed by atoms with Crippen LogP contribution in [-0.2, 0) is 10.3 Å². The molecule has 1 atom stereocenters. The second-order valence-corrected chi connectivity index (χ2v) is 7.81. The van der Waals surface area contributed by atoms with Crippen LogP contribution in [0.15, 0.2) is 18.3 Å². The molecule has 1 saturated heterocycles. The minimum absolute atomic E-state index is 0.0758. The second-order valence-electron chi connectivity index (χ2n) is 7.81. The second kappa shape index (κ2) is 8.82. The van der Waals surface area contributed by atoms with Crippen LogP contribution < -0.4 is 10.6 Å². The van der Waals surface area contributed by atoms with Crippen LogP contribution in [0.5, 0.6) is 0 Å². The van der Waals surface area contributed by atoms with E-state index in [4.69, 9.17) is 4.74 Å². The number of ether oxygens (including phenoxy) is 1. The summed E-state index contributed by atoms with van der Waals surface area (Å²) in [7, 11) is 1.64. The summed E-state index contributed by atoms with van der Waals surface area (Å²) in [6, 6.07) is 4.13. The molecule has 0 saturated carbocycles. The third kappa shape index (κ3) is 4.95. The van der Waals surface area contributed by atoms with E-state index in [1.54, 1.807) is 7.05 Å². The average molecular weight is 363 g/mol. The van der Waals surface area contributed by atoms with E-state index < -0.39 is 0 Å². The minimum Gasteiger partial charge on any atom is -0.381 e. The minimum atomic E-state index is -0.127. The highest BCUT2D eigenvalue weighted by atomic mass is 16.5. The number of rotatable bonds is 8. The lowest BCUT2D eigenvalue weighted by molar-refractivity contribution is 0.0388. The smallest absolute Gasteiger partial charge is 0.314 e. The van der Waals surface area contributed by atoms with E-state index >= 15 is 0 Å². The highest BCUT2D eigenvalue weighted by molar-refractivity contribution is 5.73. The highest BCUT2D eigenvalue weighted by Gasteiger charge is 2.43. The molecule has 0 aromatic carbocycles. The topological polar surface area (TPSA) is 66.5 Å². The summed E-state index contributed by atoms with van der Waals surface area (Å²) in [4.78, 5) is 18.5. The zero-order chi connectivity index (χ0) is 19.2. The Bertz CT molecular complexity index is 588. The number of carbonyl (C=O) groups excluding carboxylic acids is 1. The van der Waals surface area contributed by atoms with Gasteiger partial charge in [-0.1, -0.05) is 6.07 Å². The van der Waals surface area contributed by atoms with Gasteiger partial charge in [0.1, 0.15) is 0 Å². The number of pyridine rings is 1. The van der Waals surface area contributed by atoms with Crippen molar-refractivity contribution in [3.05, 3.63) is 29.6 Å². The Morgan fingerprint density at radius 2 is 2.19 bits per heavy atom. The molecule has 1 fully saturated rings. The van der Waals surface area contributed by atoms with E-state index in [0.29, 0.717) is 6.54 Å². The molecule has 1 aliphatic rings. The van der Waals surface area contributed by atoms with Gasteiger partial charge in [-0.2, -0.15) is 0 Å². The molecule has 2 amide bonds. The van der Waals surface area contributed by atoms with E-state index in [1.165, 1.54) is 5.56 Å². The first-order valence-electron chi connectivity index (χ1n) is 9.54. The number of hydrogen-bond acceptors (Lipinski definition) is 4. The summed E-state index contributed by atoms with van der Waals surface area (Å²) >= 11 is 0. The maximum absolute atomic E-state index is 11.5. The fraction of sp³-hybridized carbons (Fsp3) is 0.700. The number of urea groups is 1. The van der Waals surface area contributed by atoms with Gasteiger partial charge in [0.2, 0.25) is 0 Å². The highest BCUT2D eigenvalue weighted by Crippen LogP contribution is 2.40. The van der Waals surface area contributed by atoms with E-state index in [2.05, 4.69) is 46.5 Å². The molecule has 6 heteroatoms. The molecule has 1 aliphatic heterocycles. The van der Waals surface area contributed by atoms with Gasteiger partial charge in [0.15, 0.2) is 0 Å². The van der Waals surface area contributed by atoms with Gasteiger partial charge in [0.05, 0.1) is 6.61 Å². The summed E-state index contributed by atoms with van der Waals surface area (Å²) in [5.74, 6) is 0. The summed E-state index contributed by atoms with van der Waals surface area (Å²) < 4.78 is 5.82. The first kappa shape index (κ1) is 20.6. The number of aromatic nitrogens is 1. The van der Waals surface area contributed by atoms with Gasteiger partial charge in [0, 0.05) is 49.6 Å². The summed E-state index contributed by atoms with van der Waals surface area (Å²) in [5.41, 5.74) is 2.27. The van der Waals surface area contributed by atoms with Gasteiger partial charge in [0.25, 0.3) is 0 Å². The van der Waals surface area contributed by atoms with E-state index in [0.717, 1.165) is 44.8 Å². The van der Waals surface area contributed by atoms with Gasteiger partial charge in [-0.05, 0) is 58.7 Å². The van der Waals surface area contributed by atoms with Gasteiger partial charge in [-0.15, -0.1) is 0 Å². The van der Waals surface area contributed by atoms with Crippen molar-refractivity contribution in [3.63, 3.8) is 0 Å². The molecule has 2 N–H and O–H groups in total. The Balaban J connectivity index is 2.08. The van der Waals surface area contributed by atoms with E-state index in [9.17, 15) is 4.79 Å². The van der Waals surface area contributed by atoms with Crippen LogP contribution in [0.2, 0.25) is 0 Å². The number of aryl methyl sites for hydroxylation is 1. The number of nitrogens with zero attached hydrogens (tertiary/aromatic N) is 2. The first-order valence-corrected chi connectivity index (χ1v) is 9.54. The summed E-state index contributed by atoms with van der Waals surface area (Å²) in [5, 5.41) is 5.52. The lowest BCUT2D eigenvalue weighted by Crippen LogP contribution is -2.43. The molecule has 0 radical (unpaired) electrons. The molecule has 0 bridgehead atoms. The van der Waals surface area contributed by atoms with Crippen LogP contribution in [0.3, 0.4) is 0 Å². The van der Waals surface area contributed by atoms with Crippen LogP contribution in [0, 0.1) is 12.3 Å². The van der Waals surface area contributed by atoms with Crippen LogP contribution in [-0.4, -0.2) is 55.8 Å². The van der Waals surface area contributed by atoms with E-state index in [-0.39, 0.29) is 17.0 Å². The van der Waals surface area contributed by atoms with Crippen molar-refractivity contribution >= 4 is 6.03 Å². The lowest BCUT2D eigenvalue weighted by Gasteiger charge is -2.38. The Morgan fingerprint density at radius 3 is 2.81 bits per heavy atom. The van der Waals surface area contributed by atoms with Crippen molar-refractivity contribution < 1.29 is 9.53 Å². The first-order chi connectivity index (χ1) is 12.3. The van der Waals surface area contributed by atoms with Crippen LogP contribution in [0.1, 0.15) is 44.9 Å². The molecule has 2 rings (SSSR count). The van der Waals surface area contributed by atoms with Gasteiger partial charge >= 0.3 is 6.03 Å².